The minimum atomic E-state index is -4.25. The van der Waals surface area contributed by atoms with Crippen LogP contribution in [0.2, 0.25) is 0 Å². The van der Waals surface area contributed by atoms with Crippen LogP contribution >= 0.6 is 7.75 Å². The Bertz CT molecular complexity index is 1370. The number of carbonyl (C=O) groups is 1. The van der Waals surface area contributed by atoms with Crippen LogP contribution in [0, 0.1) is 6.92 Å². The number of aromatic nitrogens is 4. The second kappa shape index (κ2) is 12.1. The summed E-state index contributed by atoms with van der Waals surface area (Å²) in [6.45, 7) is 5.99. The Morgan fingerprint density at radius 1 is 1.25 bits per heavy atom. The van der Waals surface area contributed by atoms with E-state index in [1.807, 2.05) is 0 Å². The quantitative estimate of drug-likeness (QED) is 0.254. The molecule has 40 heavy (non-hydrogen) atoms. The van der Waals surface area contributed by atoms with Gasteiger partial charge in [0.15, 0.2) is 29.4 Å². The average Bonchev–Trinajstić information content (AvgIpc) is 3.42. The molecule has 0 radical (unpaired) electrons. The highest BCUT2D eigenvalue weighted by Gasteiger charge is 2.47. The summed E-state index contributed by atoms with van der Waals surface area (Å²) in [6.07, 6.45) is -5.07. The maximum Gasteiger partial charge on any atom is 0.459 e. The predicted molar refractivity (Wildman–Crippen MR) is 144 cm³/mol. The maximum absolute atomic E-state index is 15.4. The molecule has 0 bridgehead atoms. The highest BCUT2D eigenvalue weighted by Crippen LogP contribution is 2.46. The first-order valence-corrected chi connectivity index (χ1v) is 14.3. The largest absolute Gasteiger partial charge is 0.462 e. The number of nitrogens with one attached hydrogen (secondary N) is 1. The number of hydrogen-bond donors (Lipinski definition) is 2. The van der Waals surface area contributed by atoms with Gasteiger partial charge in [0.1, 0.15) is 29.8 Å². The van der Waals surface area contributed by atoms with Gasteiger partial charge < -0.3 is 24.0 Å². The van der Waals surface area contributed by atoms with E-state index in [-0.39, 0.29) is 5.75 Å². The number of rotatable bonds is 11. The molecular weight excluding hydrogens is 546 g/mol. The molecule has 13 nitrogen and oxygen atoms in total. The summed E-state index contributed by atoms with van der Waals surface area (Å²) in [5.41, 5.74) is 0.766. The molecule has 1 aromatic carbocycles. The van der Waals surface area contributed by atoms with Crippen molar-refractivity contribution in [2.24, 2.45) is 0 Å². The van der Waals surface area contributed by atoms with Crippen LogP contribution in [0.1, 0.15) is 32.8 Å². The van der Waals surface area contributed by atoms with Crippen molar-refractivity contribution in [1.82, 2.24) is 24.6 Å². The summed E-state index contributed by atoms with van der Waals surface area (Å²) in [7, 11) is -0.646. The number of imidazole rings is 1. The van der Waals surface area contributed by atoms with Gasteiger partial charge in [-0.1, -0.05) is 18.2 Å². The summed E-state index contributed by atoms with van der Waals surface area (Å²) in [5, 5.41) is 13.2. The lowest BCUT2D eigenvalue weighted by Gasteiger charge is -2.25. The Balaban J connectivity index is 1.53. The number of carbonyl (C=O) groups excluding carboxylic acids is 1. The molecule has 0 unspecified atom stereocenters. The fraction of sp³-hybridized carbons (Fsp3) is 0.520. The molecular formula is C25H34FN6O7P. The molecule has 0 aliphatic carbocycles. The van der Waals surface area contributed by atoms with E-state index >= 15 is 4.39 Å². The number of benzene rings is 1. The van der Waals surface area contributed by atoms with Crippen molar-refractivity contribution in [1.29, 1.82) is 0 Å². The first-order valence-electron chi connectivity index (χ1n) is 12.7. The van der Waals surface area contributed by atoms with Gasteiger partial charge in [0.25, 0.3) is 0 Å². The molecule has 2 N–H and O–H groups in total. The second-order valence-corrected chi connectivity index (χ2v) is 11.5. The zero-order chi connectivity index (χ0) is 29.2. The lowest BCUT2D eigenvalue weighted by Crippen LogP contribution is -2.37. The van der Waals surface area contributed by atoms with Gasteiger partial charge in [-0.15, -0.1) is 0 Å². The second-order valence-electron chi connectivity index (χ2n) is 9.85. The number of hydrogen-bond acceptors (Lipinski definition) is 11. The minimum absolute atomic E-state index is 0.202. The zero-order valence-electron chi connectivity index (χ0n) is 23.1. The number of aliphatic hydroxyl groups excluding tert-OH is 1. The van der Waals surface area contributed by atoms with Crippen molar-refractivity contribution in [2.45, 2.75) is 64.4 Å². The summed E-state index contributed by atoms with van der Waals surface area (Å²) < 4.78 is 52.7. The van der Waals surface area contributed by atoms with E-state index < -0.39 is 57.1 Å². The van der Waals surface area contributed by atoms with Crippen LogP contribution < -0.4 is 14.5 Å². The number of anilines is 1. The molecule has 1 aliphatic heterocycles. The Morgan fingerprint density at radius 2 is 1.95 bits per heavy atom. The average molecular weight is 581 g/mol. The molecule has 1 aliphatic rings. The van der Waals surface area contributed by atoms with Gasteiger partial charge >= 0.3 is 13.7 Å². The van der Waals surface area contributed by atoms with E-state index in [0.29, 0.717) is 22.8 Å². The number of para-hydroxylation sites is 1. The summed E-state index contributed by atoms with van der Waals surface area (Å²) in [4.78, 5) is 27.2. The van der Waals surface area contributed by atoms with Crippen molar-refractivity contribution < 1.29 is 37.4 Å². The summed E-state index contributed by atoms with van der Waals surface area (Å²) in [6, 6.07) is 7.12. The van der Waals surface area contributed by atoms with Crippen molar-refractivity contribution in [3.63, 3.8) is 0 Å². The Morgan fingerprint density at radius 3 is 2.60 bits per heavy atom. The molecule has 1 fully saturated rings. The highest BCUT2D eigenvalue weighted by molar-refractivity contribution is 7.52. The fourth-order valence-electron chi connectivity index (χ4n) is 4.08. The molecule has 3 heterocycles. The normalized spacial score (nSPS) is 23.2. The van der Waals surface area contributed by atoms with Crippen LogP contribution in [0.25, 0.3) is 11.2 Å². The maximum atomic E-state index is 15.4. The first-order chi connectivity index (χ1) is 18.9. The molecule has 6 atom stereocenters. The number of esters is 1. The zero-order valence-corrected chi connectivity index (χ0v) is 24.0. The number of aliphatic hydroxyl groups is 1. The lowest BCUT2D eigenvalue weighted by atomic mass is 10.1. The van der Waals surface area contributed by atoms with E-state index in [2.05, 4.69) is 20.0 Å². The van der Waals surface area contributed by atoms with Crippen molar-refractivity contribution >= 4 is 30.7 Å². The third-order valence-corrected chi connectivity index (χ3v) is 7.58. The van der Waals surface area contributed by atoms with Gasteiger partial charge in [0.2, 0.25) is 0 Å². The summed E-state index contributed by atoms with van der Waals surface area (Å²) in [5.74, 6) is 0.527. The number of alkyl halides is 1. The Hall–Kier alpha value is -3.16. The Kier molecular flexibility index (Phi) is 9.06. The van der Waals surface area contributed by atoms with Crippen molar-refractivity contribution in [3.8, 4) is 5.75 Å². The topological polar surface area (TPSA) is 150 Å². The van der Waals surface area contributed by atoms with Gasteiger partial charge in [-0.25, -0.2) is 23.9 Å². The van der Waals surface area contributed by atoms with Crippen LogP contribution in [-0.2, 0) is 23.4 Å². The van der Waals surface area contributed by atoms with Crippen molar-refractivity contribution in [3.05, 3.63) is 42.5 Å². The van der Waals surface area contributed by atoms with Crippen molar-refractivity contribution in [2.75, 3.05) is 25.6 Å². The van der Waals surface area contributed by atoms with E-state index in [1.54, 1.807) is 70.1 Å². The minimum Gasteiger partial charge on any atom is -0.462 e. The van der Waals surface area contributed by atoms with E-state index in [4.69, 9.17) is 18.5 Å². The SMILES string of the molecule is Cc1nc(N(C)C)c2ncn([C@@H]3O[C@H](CO[P@](=O)(N[C@H](C)C(=O)OC(C)C)Oc4ccccc4)[C@@H](O)[C@@H]3F)c2n1. The van der Waals surface area contributed by atoms with Gasteiger partial charge in [0.05, 0.1) is 19.0 Å². The molecule has 15 heteroatoms. The number of ether oxygens (including phenoxy) is 2. The highest BCUT2D eigenvalue weighted by atomic mass is 31.2. The van der Waals surface area contributed by atoms with Crippen LogP contribution in [0.15, 0.2) is 36.7 Å². The third kappa shape index (κ3) is 6.58. The molecule has 218 valence electrons. The van der Waals surface area contributed by atoms with Crippen LogP contribution in [-0.4, -0.2) is 81.8 Å². The number of fused-ring (bicyclic) bond motifs is 1. The molecule has 4 rings (SSSR count). The van der Waals surface area contributed by atoms with Gasteiger partial charge in [-0.2, -0.15) is 5.09 Å². The van der Waals surface area contributed by atoms with Gasteiger partial charge in [-0.3, -0.25) is 13.9 Å². The van der Waals surface area contributed by atoms with Gasteiger partial charge in [0, 0.05) is 14.1 Å². The number of halogens is 1. The molecule has 2 aromatic heterocycles. The van der Waals surface area contributed by atoms with E-state index in [1.165, 1.54) is 17.8 Å². The Labute approximate surface area is 231 Å². The monoisotopic (exact) mass is 580 g/mol. The van der Waals surface area contributed by atoms with E-state index in [0.717, 1.165) is 0 Å². The fourth-order valence-corrected chi connectivity index (χ4v) is 5.58. The predicted octanol–water partition coefficient (Wildman–Crippen LogP) is 2.93. The van der Waals surface area contributed by atoms with Crippen LogP contribution in [0.3, 0.4) is 0 Å². The molecule has 1 saturated heterocycles. The molecule has 3 aromatic rings. The standard InChI is InChI=1S/C25H34FN6O7P/c1-14(2)37-25(34)15(3)30-40(35,39-17-10-8-7-9-11-17)36-12-18-21(33)19(26)24(38-18)32-13-27-20-22(31(5)6)28-16(4)29-23(20)32/h7-11,13-15,18-19,21,24,33H,12H2,1-6H3,(H,30,35)/t15-,18-,19+,21-,24-,40-/m1/s1. The van der Waals surface area contributed by atoms with Crippen LogP contribution in [0.4, 0.5) is 10.2 Å². The van der Waals surface area contributed by atoms with E-state index in [9.17, 15) is 14.5 Å². The smallest absolute Gasteiger partial charge is 0.459 e. The van der Waals surface area contributed by atoms with Gasteiger partial charge in [-0.05, 0) is 39.8 Å². The lowest BCUT2D eigenvalue weighted by molar-refractivity contribution is -0.149. The number of aryl methyl sites for hydroxylation is 1. The third-order valence-electron chi connectivity index (χ3n) is 5.94. The molecule has 0 saturated carbocycles. The molecule has 0 amide bonds. The van der Waals surface area contributed by atoms with Crippen LogP contribution in [0.5, 0.6) is 5.75 Å². The summed E-state index contributed by atoms with van der Waals surface area (Å²) >= 11 is 0. The number of nitrogens with zero attached hydrogens (tertiary/aromatic N) is 5. The first kappa shape index (κ1) is 29.8. The molecule has 0 spiro atoms.